The molecule has 4 rings (SSSR count). The monoisotopic (exact) mass is 425 g/mol. The van der Waals surface area contributed by atoms with Crippen molar-refractivity contribution in [3.8, 4) is 0 Å². The lowest BCUT2D eigenvalue weighted by Crippen LogP contribution is -2.48. The highest BCUT2D eigenvalue weighted by Crippen LogP contribution is 2.32. The Morgan fingerprint density at radius 2 is 2.06 bits per heavy atom. The minimum absolute atomic E-state index is 0.0242. The molecule has 1 fully saturated rings. The summed E-state index contributed by atoms with van der Waals surface area (Å²) in [6.07, 6.45) is 5.90. The Morgan fingerprint density at radius 1 is 1.26 bits per heavy atom. The van der Waals surface area contributed by atoms with E-state index in [4.69, 9.17) is 15.7 Å². The first-order chi connectivity index (χ1) is 14.9. The minimum atomic E-state index is -0.504. The van der Waals surface area contributed by atoms with Gasteiger partial charge in [0, 0.05) is 43.4 Å². The van der Waals surface area contributed by atoms with E-state index in [1.165, 1.54) is 17.7 Å². The number of hydrogen-bond donors (Lipinski definition) is 3. The minimum Gasteiger partial charge on any atom is -0.393 e. The van der Waals surface area contributed by atoms with Gasteiger partial charge in [-0.05, 0) is 50.7 Å². The maximum Gasteiger partial charge on any atom is 0.294 e. The summed E-state index contributed by atoms with van der Waals surface area (Å²) in [5.74, 6) is 1.28. The second-order valence-electron chi connectivity index (χ2n) is 8.14. The van der Waals surface area contributed by atoms with Gasteiger partial charge < -0.3 is 21.3 Å². The number of carbonyl (C=O) groups excluding carboxylic acids is 1. The fraction of sp³-hybridized carbons (Fsp3) is 0.476. The van der Waals surface area contributed by atoms with Gasteiger partial charge in [-0.15, -0.1) is 0 Å². The average molecular weight is 425 g/mol. The Labute approximate surface area is 180 Å². The van der Waals surface area contributed by atoms with Crippen molar-refractivity contribution in [2.24, 2.45) is 0 Å². The van der Waals surface area contributed by atoms with Crippen LogP contribution in [0.15, 0.2) is 18.2 Å². The smallest absolute Gasteiger partial charge is 0.294 e. The Hall–Kier alpha value is -3.43. The summed E-state index contributed by atoms with van der Waals surface area (Å²) in [7, 11) is 0. The molecule has 1 atom stereocenters. The Kier molecular flexibility index (Phi) is 5.88. The van der Waals surface area contributed by atoms with Gasteiger partial charge in [0.2, 0.25) is 11.9 Å². The van der Waals surface area contributed by atoms with Crippen LogP contribution in [-0.2, 0) is 17.6 Å². The van der Waals surface area contributed by atoms with Gasteiger partial charge in [0.05, 0.1) is 10.6 Å². The Bertz CT molecular complexity index is 1010. The van der Waals surface area contributed by atoms with Crippen molar-refractivity contribution >= 4 is 34.7 Å². The zero-order chi connectivity index (χ0) is 22.0. The van der Waals surface area contributed by atoms with Crippen LogP contribution >= 0.6 is 0 Å². The molecule has 2 heterocycles. The maximum absolute atomic E-state index is 11.5. The molecule has 1 aromatic carbocycles. The van der Waals surface area contributed by atoms with E-state index in [2.05, 4.69) is 15.5 Å². The van der Waals surface area contributed by atoms with Crippen LogP contribution in [-0.4, -0.2) is 39.9 Å². The molecule has 31 heavy (non-hydrogen) atoms. The van der Waals surface area contributed by atoms with Crippen molar-refractivity contribution in [2.45, 2.75) is 51.5 Å². The molecular weight excluding hydrogens is 398 g/mol. The lowest BCUT2D eigenvalue weighted by Gasteiger charge is -2.36. The highest BCUT2D eigenvalue weighted by Gasteiger charge is 2.27. The number of amides is 1. The van der Waals surface area contributed by atoms with Crippen LogP contribution in [0.25, 0.3) is 0 Å². The number of hydrogen-bond acceptors (Lipinski definition) is 8. The number of aromatic nitrogens is 2. The normalized spacial score (nSPS) is 18.2. The van der Waals surface area contributed by atoms with E-state index in [1.54, 1.807) is 13.0 Å². The third kappa shape index (κ3) is 4.68. The first-order valence-electron chi connectivity index (χ1n) is 10.6. The molecule has 10 heteroatoms. The highest BCUT2D eigenvalue weighted by molar-refractivity contribution is 5.73. The zero-order valence-electron chi connectivity index (χ0n) is 17.6. The molecule has 1 aliphatic carbocycles. The van der Waals surface area contributed by atoms with Crippen LogP contribution in [0, 0.1) is 10.1 Å². The van der Waals surface area contributed by atoms with Crippen molar-refractivity contribution < 1.29 is 9.72 Å². The Balaban J connectivity index is 1.65. The van der Waals surface area contributed by atoms with Gasteiger partial charge in [0.1, 0.15) is 11.5 Å². The molecule has 2 aromatic rings. The quantitative estimate of drug-likeness (QED) is 0.377. The SMILES string of the molecule is CC(=O)NC1CCCN(c2nc(Nc3ccc(N)c([N+](=O)[O-])c3)nc3c2CCCC3)C1. The summed E-state index contributed by atoms with van der Waals surface area (Å²) in [6, 6.07) is 4.67. The van der Waals surface area contributed by atoms with E-state index < -0.39 is 4.92 Å². The van der Waals surface area contributed by atoms with Crippen molar-refractivity contribution in [1.29, 1.82) is 0 Å². The highest BCUT2D eigenvalue weighted by atomic mass is 16.6. The molecule has 1 unspecified atom stereocenters. The number of aryl methyl sites for hydroxylation is 1. The number of nitrogen functional groups attached to an aromatic ring is 1. The zero-order valence-corrected chi connectivity index (χ0v) is 17.6. The number of rotatable bonds is 5. The number of anilines is 4. The number of fused-ring (bicyclic) bond motifs is 1. The van der Waals surface area contributed by atoms with E-state index in [0.29, 0.717) is 18.2 Å². The first-order valence-corrected chi connectivity index (χ1v) is 10.6. The van der Waals surface area contributed by atoms with Crippen molar-refractivity contribution in [2.75, 3.05) is 29.0 Å². The summed E-state index contributed by atoms with van der Waals surface area (Å²) in [6.45, 7) is 3.11. The number of nitrogens with one attached hydrogen (secondary N) is 2. The molecule has 0 saturated carbocycles. The molecule has 1 aromatic heterocycles. The molecule has 4 N–H and O–H groups in total. The molecule has 1 aliphatic heterocycles. The van der Waals surface area contributed by atoms with Gasteiger partial charge in [-0.3, -0.25) is 14.9 Å². The van der Waals surface area contributed by atoms with Crippen molar-refractivity contribution in [1.82, 2.24) is 15.3 Å². The summed E-state index contributed by atoms with van der Waals surface area (Å²) in [5, 5.41) is 17.4. The van der Waals surface area contributed by atoms with Gasteiger partial charge in [-0.25, -0.2) is 4.98 Å². The second kappa shape index (κ2) is 8.75. The van der Waals surface area contributed by atoms with E-state index in [1.807, 2.05) is 0 Å². The lowest BCUT2D eigenvalue weighted by molar-refractivity contribution is -0.383. The van der Waals surface area contributed by atoms with Crippen LogP contribution in [0.1, 0.15) is 43.9 Å². The third-order valence-electron chi connectivity index (χ3n) is 5.77. The number of carbonyl (C=O) groups is 1. The molecule has 164 valence electrons. The van der Waals surface area contributed by atoms with Crippen LogP contribution < -0.4 is 21.3 Å². The Morgan fingerprint density at radius 3 is 2.84 bits per heavy atom. The molecule has 0 bridgehead atoms. The molecular formula is C21H27N7O3. The second-order valence-corrected chi connectivity index (χ2v) is 8.14. The number of piperidine rings is 1. The third-order valence-corrected chi connectivity index (χ3v) is 5.77. The molecule has 0 spiro atoms. The number of nitro benzene ring substituents is 1. The van der Waals surface area contributed by atoms with Gasteiger partial charge >= 0.3 is 0 Å². The van der Waals surface area contributed by atoms with E-state index >= 15 is 0 Å². The van der Waals surface area contributed by atoms with E-state index in [0.717, 1.165) is 56.6 Å². The molecule has 0 radical (unpaired) electrons. The first kappa shape index (κ1) is 20.8. The topological polar surface area (TPSA) is 139 Å². The van der Waals surface area contributed by atoms with Crippen LogP contribution in [0.4, 0.5) is 28.8 Å². The molecule has 1 saturated heterocycles. The van der Waals surface area contributed by atoms with Crippen LogP contribution in [0.5, 0.6) is 0 Å². The van der Waals surface area contributed by atoms with Crippen LogP contribution in [0.3, 0.4) is 0 Å². The summed E-state index contributed by atoms with van der Waals surface area (Å²) in [5.41, 5.74) is 8.36. The lowest BCUT2D eigenvalue weighted by atomic mass is 9.95. The van der Waals surface area contributed by atoms with Crippen molar-refractivity contribution in [3.05, 3.63) is 39.6 Å². The molecule has 10 nitrogen and oxygen atoms in total. The summed E-state index contributed by atoms with van der Waals surface area (Å²) in [4.78, 5) is 34.0. The number of nitro groups is 1. The standard InChI is InChI=1S/C21H27N7O3/c1-13(29)23-15-5-4-10-27(12-15)20-16-6-2-3-7-18(16)25-21(26-20)24-14-8-9-17(22)19(11-14)28(30)31/h8-9,11,15H,2-7,10,12,22H2,1H3,(H,23,29)(H,24,25,26). The van der Waals surface area contributed by atoms with Crippen molar-refractivity contribution in [3.63, 3.8) is 0 Å². The molecule has 1 amide bonds. The average Bonchev–Trinajstić information content (AvgIpc) is 2.74. The van der Waals surface area contributed by atoms with Crippen LogP contribution in [0.2, 0.25) is 0 Å². The van der Waals surface area contributed by atoms with E-state index in [9.17, 15) is 14.9 Å². The fourth-order valence-corrected chi connectivity index (χ4v) is 4.38. The summed E-state index contributed by atoms with van der Waals surface area (Å²) >= 11 is 0. The molecule has 2 aliphatic rings. The van der Waals surface area contributed by atoms with Gasteiger partial charge in [-0.1, -0.05) is 0 Å². The number of nitrogens with two attached hydrogens (primary N) is 1. The number of nitrogens with zero attached hydrogens (tertiary/aromatic N) is 4. The predicted molar refractivity (Wildman–Crippen MR) is 119 cm³/mol. The number of benzene rings is 1. The largest absolute Gasteiger partial charge is 0.393 e. The van der Waals surface area contributed by atoms with Gasteiger partial charge in [0.15, 0.2) is 0 Å². The fourth-order valence-electron chi connectivity index (χ4n) is 4.38. The predicted octanol–water partition coefficient (Wildman–Crippen LogP) is 2.69. The van der Waals surface area contributed by atoms with Gasteiger partial charge in [-0.2, -0.15) is 4.98 Å². The van der Waals surface area contributed by atoms with E-state index in [-0.39, 0.29) is 23.3 Å². The summed E-state index contributed by atoms with van der Waals surface area (Å²) < 4.78 is 0. The van der Waals surface area contributed by atoms with Gasteiger partial charge in [0.25, 0.3) is 5.69 Å². The maximum atomic E-state index is 11.5.